The fourth-order valence-electron chi connectivity index (χ4n) is 4.06. The lowest BCUT2D eigenvalue weighted by molar-refractivity contribution is -0.00257. The van der Waals surface area contributed by atoms with Crippen molar-refractivity contribution >= 4 is 16.8 Å². The lowest BCUT2D eigenvalue weighted by Crippen LogP contribution is -2.41. The van der Waals surface area contributed by atoms with Crippen LogP contribution in [0.15, 0.2) is 30.9 Å². The van der Waals surface area contributed by atoms with Gasteiger partial charge < -0.3 is 10.4 Å². The van der Waals surface area contributed by atoms with Crippen molar-refractivity contribution in [2.45, 2.75) is 57.6 Å². The Balaban J connectivity index is 1.47. The predicted octanol–water partition coefficient (Wildman–Crippen LogP) is 3.21. The van der Waals surface area contributed by atoms with Gasteiger partial charge in [-0.3, -0.25) is 9.78 Å². The van der Waals surface area contributed by atoms with Gasteiger partial charge in [-0.05, 0) is 51.5 Å². The molecule has 3 heterocycles. The second kappa shape index (κ2) is 8.26. The molecule has 3 aromatic heterocycles. The second-order valence-electron chi connectivity index (χ2n) is 8.44. The minimum Gasteiger partial charge on any atom is -0.390 e. The van der Waals surface area contributed by atoms with E-state index in [1.807, 2.05) is 13.8 Å². The maximum atomic E-state index is 13.3. The van der Waals surface area contributed by atoms with E-state index < -0.39 is 12.0 Å². The summed E-state index contributed by atoms with van der Waals surface area (Å²) in [6.45, 7) is 3.64. The van der Waals surface area contributed by atoms with E-state index in [4.69, 9.17) is 0 Å². The van der Waals surface area contributed by atoms with Gasteiger partial charge in [-0.1, -0.05) is 0 Å². The zero-order valence-corrected chi connectivity index (χ0v) is 17.3. The minimum atomic E-state index is -2.75. The Morgan fingerprint density at radius 1 is 1.19 bits per heavy atom. The maximum Gasteiger partial charge on any atom is 0.282 e. The van der Waals surface area contributed by atoms with Gasteiger partial charge in [0.25, 0.3) is 18.3 Å². The Kier molecular flexibility index (Phi) is 5.65. The molecular weight excluding hydrogens is 406 g/mol. The Labute approximate surface area is 177 Å². The summed E-state index contributed by atoms with van der Waals surface area (Å²) in [6, 6.07) is 1.50. The molecule has 0 aliphatic heterocycles. The van der Waals surface area contributed by atoms with E-state index in [-0.39, 0.29) is 40.5 Å². The third-order valence-electron chi connectivity index (χ3n) is 5.87. The molecule has 0 saturated heterocycles. The molecule has 0 bridgehead atoms. The Morgan fingerprint density at radius 2 is 1.87 bits per heavy atom. The summed E-state index contributed by atoms with van der Waals surface area (Å²) in [5.74, 6) is 0.00503. The van der Waals surface area contributed by atoms with Crippen LogP contribution in [0.1, 0.15) is 62.0 Å². The van der Waals surface area contributed by atoms with Gasteiger partial charge in [-0.2, -0.15) is 9.78 Å². The topological polar surface area (TPSA) is 106 Å². The monoisotopic (exact) mass is 430 g/mol. The number of aliphatic hydroxyl groups is 1. The number of rotatable bonds is 5. The average Bonchev–Trinajstić information content (AvgIpc) is 3.14. The average molecular weight is 430 g/mol. The van der Waals surface area contributed by atoms with Crippen LogP contribution in [-0.2, 0) is 0 Å². The molecule has 1 aliphatic carbocycles. The Morgan fingerprint density at radius 3 is 2.48 bits per heavy atom. The molecule has 31 heavy (non-hydrogen) atoms. The molecule has 8 nitrogen and oxygen atoms in total. The molecule has 1 aliphatic rings. The Hall–Kier alpha value is -3.01. The number of aromatic nitrogens is 5. The van der Waals surface area contributed by atoms with Crippen molar-refractivity contribution in [2.24, 2.45) is 5.92 Å². The lowest BCUT2D eigenvalue weighted by atomic mass is 9.77. The van der Waals surface area contributed by atoms with E-state index in [1.54, 1.807) is 0 Å². The summed E-state index contributed by atoms with van der Waals surface area (Å²) in [4.78, 5) is 24.8. The predicted molar refractivity (Wildman–Crippen MR) is 109 cm³/mol. The maximum absolute atomic E-state index is 13.3. The molecule has 2 N–H and O–H groups in total. The third kappa shape index (κ3) is 4.39. The number of halogens is 2. The summed E-state index contributed by atoms with van der Waals surface area (Å²) < 4.78 is 27.8. The first-order valence-electron chi connectivity index (χ1n) is 10.2. The molecular formula is C21H24F2N6O2. The van der Waals surface area contributed by atoms with Crippen molar-refractivity contribution in [3.63, 3.8) is 0 Å². The zero-order valence-electron chi connectivity index (χ0n) is 17.3. The zero-order chi connectivity index (χ0) is 22.2. The van der Waals surface area contributed by atoms with Crippen LogP contribution in [0.25, 0.3) is 16.9 Å². The van der Waals surface area contributed by atoms with Crippen molar-refractivity contribution in [1.29, 1.82) is 0 Å². The van der Waals surface area contributed by atoms with Crippen LogP contribution < -0.4 is 5.32 Å². The molecule has 0 radical (unpaired) electrons. The fourth-order valence-corrected chi connectivity index (χ4v) is 4.06. The van der Waals surface area contributed by atoms with Gasteiger partial charge in [0.15, 0.2) is 0 Å². The summed E-state index contributed by atoms with van der Waals surface area (Å²) in [5.41, 5.74) is -0.449. The highest BCUT2D eigenvalue weighted by atomic mass is 19.3. The number of amides is 1. The number of nitrogens with one attached hydrogen (secondary N) is 1. The second-order valence-corrected chi connectivity index (χ2v) is 8.44. The van der Waals surface area contributed by atoms with E-state index in [1.165, 1.54) is 35.5 Å². The van der Waals surface area contributed by atoms with Crippen LogP contribution >= 0.6 is 0 Å². The SMILES string of the molecule is CC(C)(O)[C@H]1CC[C@H](NC(=O)c2cnc(-n3nc(C(F)F)c4ccncc43)nc2)CC1. The van der Waals surface area contributed by atoms with Crippen molar-refractivity contribution in [2.75, 3.05) is 0 Å². The molecule has 1 fully saturated rings. The van der Waals surface area contributed by atoms with Crippen LogP contribution in [0.3, 0.4) is 0 Å². The van der Waals surface area contributed by atoms with Crippen LogP contribution in [0.2, 0.25) is 0 Å². The van der Waals surface area contributed by atoms with E-state index in [0.29, 0.717) is 5.52 Å². The van der Waals surface area contributed by atoms with Crippen LogP contribution in [-0.4, -0.2) is 47.4 Å². The number of alkyl halides is 2. The summed E-state index contributed by atoms with van der Waals surface area (Å²) in [6.07, 6.45) is 6.07. The van der Waals surface area contributed by atoms with Gasteiger partial charge in [0.05, 0.1) is 22.9 Å². The van der Waals surface area contributed by atoms with Gasteiger partial charge in [0, 0.05) is 30.0 Å². The Bertz CT molecular complexity index is 1070. The summed E-state index contributed by atoms with van der Waals surface area (Å²) in [5, 5.41) is 17.3. The number of fused-ring (bicyclic) bond motifs is 1. The van der Waals surface area contributed by atoms with Crippen molar-refractivity contribution in [3.05, 3.63) is 42.1 Å². The first-order chi connectivity index (χ1) is 14.7. The van der Waals surface area contributed by atoms with Crippen LogP contribution in [0.4, 0.5) is 8.78 Å². The lowest BCUT2D eigenvalue weighted by Gasteiger charge is -2.36. The molecule has 4 rings (SSSR count). The number of carbonyl (C=O) groups is 1. The molecule has 0 aromatic carbocycles. The summed E-state index contributed by atoms with van der Waals surface area (Å²) >= 11 is 0. The summed E-state index contributed by atoms with van der Waals surface area (Å²) in [7, 11) is 0. The number of hydrogen-bond donors (Lipinski definition) is 2. The highest BCUT2D eigenvalue weighted by molar-refractivity contribution is 5.93. The third-order valence-corrected chi connectivity index (χ3v) is 5.87. The normalized spacial score (nSPS) is 19.7. The minimum absolute atomic E-state index is 0.0282. The number of nitrogens with zero attached hydrogens (tertiary/aromatic N) is 5. The van der Waals surface area contributed by atoms with Gasteiger partial charge in [0.2, 0.25) is 0 Å². The van der Waals surface area contributed by atoms with Gasteiger partial charge in [0.1, 0.15) is 5.69 Å². The van der Waals surface area contributed by atoms with Crippen molar-refractivity contribution in [1.82, 2.24) is 30.0 Å². The molecule has 0 spiro atoms. The van der Waals surface area contributed by atoms with Crippen LogP contribution in [0, 0.1) is 5.92 Å². The standard InChI is InChI=1S/C21H24F2N6O2/c1-21(2,31)13-3-5-14(6-4-13)27-19(30)12-9-25-20(26-10-12)29-16-11-24-8-7-15(16)17(28-29)18(22)23/h7-11,13-14,18,31H,3-6H2,1-2H3,(H,27,30)/t13-,14-. The van der Waals surface area contributed by atoms with E-state index >= 15 is 0 Å². The highest BCUT2D eigenvalue weighted by Gasteiger charge is 2.32. The fraction of sp³-hybridized carbons (Fsp3) is 0.476. The van der Waals surface area contributed by atoms with Crippen LogP contribution in [0.5, 0.6) is 0 Å². The number of hydrogen-bond acceptors (Lipinski definition) is 6. The van der Waals surface area contributed by atoms with Gasteiger partial charge >= 0.3 is 0 Å². The highest BCUT2D eigenvalue weighted by Crippen LogP contribution is 2.32. The van der Waals surface area contributed by atoms with Gasteiger partial charge in [-0.25, -0.2) is 18.7 Å². The molecule has 164 valence electrons. The van der Waals surface area contributed by atoms with E-state index in [9.17, 15) is 18.7 Å². The van der Waals surface area contributed by atoms with Gasteiger partial charge in [-0.15, -0.1) is 0 Å². The number of carbonyl (C=O) groups excluding carboxylic acids is 1. The molecule has 0 unspecified atom stereocenters. The first-order valence-corrected chi connectivity index (χ1v) is 10.2. The number of pyridine rings is 1. The quantitative estimate of drug-likeness (QED) is 0.644. The van der Waals surface area contributed by atoms with Crippen molar-refractivity contribution < 1.29 is 18.7 Å². The van der Waals surface area contributed by atoms with E-state index in [2.05, 4.69) is 25.4 Å². The first kappa shape index (κ1) is 21.2. The smallest absolute Gasteiger partial charge is 0.282 e. The molecule has 10 heteroatoms. The van der Waals surface area contributed by atoms with Crippen molar-refractivity contribution in [3.8, 4) is 5.95 Å². The molecule has 1 saturated carbocycles. The largest absolute Gasteiger partial charge is 0.390 e. The molecule has 0 atom stereocenters. The molecule has 3 aromatic rings. The van der Waals surface area contributed by atoms with E-state index in [0.717, 1.165) is 25.7 Å². The molecule has 1 amide bonds.